The number of pyridine rings is 1. The number of ether oxygens (including phenoxy) is 1. The number of imide groups is 1. The number of furan rings is 1. The SMILES string of the molecule is C[C@H]1CCc2nc3ccccc3c(C(=O)OCC(=O)NC(=O)NCc3ccco3)c2C1. The van der Waals surface area contributed by atoms with Crippen LogP contribution in [0.5, 0.6) is 0 Å². The van der Waals surface area contributed by atoms with Crippen LogP contribution in [0.25, 0.3) is 10.9 Å². The first kappa shape index (κ1) is 20.6. The van der Waals surface area contributed by atoms with Crippen molar-refractivity contribution in [3.05, 3.63) is 65.2 Å². The Labute approximate surface area is 179 Å². The van der Waals surface area contributed by atoms with E-state index < -0.39 is 24.5 Å². The van der Waals surface area contributed by atoms with Crippen molar-refractivity contribution >= 4 is 28.8 Å². The van der Waals surface area contributed by atoms with E-state index in [1.54, 1.807) is 12.1 Å². The topological polar surface area (TPSA) is 111 Å². The van der Waals surface area contributed by atoms with Gasteiger partial charge in [0.1, 0.15) is 5.76 Å². The molecule has 1 aliphatic carbocycles. The average Bonchev–Trinajstić information content (AvgIpc) is 3.28. The molecule has 3 amide bonds. The molecule has 8 nitrogen and oxygen atoms in total. The third-order valence-electron chi connectivity index (χ3n) is 5.30. The Bertz CT molecular complexity index is 1120. The van der Waals surface area contributed by atoms with Crippen LogP contribution in [0.4, 0.5) is 4.79 Å². The Kier molecular flexibility index (Phi) is 5.97. The van der Waals surface area contributed by atoms with Crippen LogP contribution in [0.15, 0.2) is 47.1 Å². The fourth-order valence-corrected chi connectivity index (χ4v) is 3.79. The van der Waals surface area contributed by atoms with Crippen molar-refractivity contribution in [2.75, 3.05) is 6.61 Å². The first-order valence-electron chi connectivity index (χ1n) is 10.2. The molecule has 2 aromatic heterocycles. The zero-order chi connectivity index (χ0) is 21.8. The van der Waals surface area contributed by atoms with Crippen LogP contribution in [0.1, 0.15) is 40.7 Å². The molecule has 0 spiro atoms. The van der Waals surface area contributed by atoms with E-state index in [4.69, 9.17) is 14.1 Å². The second-order valence-corrected chi connectivity index (χ2v) is 7.66. The number of hydrogen-bond donors (Lipinski definition) is 2. The zero-order valence-electron chi connectivity index (χ0n) is 17.1. The summed E-state index contributed by atoms with van der Waals surface area (Å²) in [6.45, 7) is 1.72. The number of fused-ring (bicyclic) bond motifs is 2. The lowest BCUT2D eigenvalue weighted by Gasteiger charge is -2.24. The fraction of sp³-hybridized carbons (Fsp3) is 0.304. The van der Waals surface area contributed by atoms with Gasteiger partial charge in [0.25, 0.3) is 5.91 Å². The highest BCUT2D eigenvalue weighted by Gasteiger charge is 2.26. The molecule has 8 heteroatoms. The first-order chi connectivity index (χ1) is 15.0. The molecule has 0 radical (unpaired) electrons. The van der Waals surface area contributed by atoms with E-state index in [-0.39, 0.29) is 6.54 Å². The van der Waals surface area contributed by atoms with Gasteiger partial charge in [-0.05, 0) is 48.9 Å². The van der Waals surface area contributed by atoms with Crippen LogP contribution in [-0.4, -0.2) is 29.5 Å². The van der Waals surface area contributed by atoms with Gasteiger partial charge in [0, 0.05) is 11.1 Å². The molecule has 2 heterocycles. The second-order valence-electron chi connectivity index (χ2n) is 7.66. The summed E-state index contributed by atoms with van der Waals surface area (Å²) in [5, 5.41) is 5.33. The number of hydrogen-bond acceptors (Lipinski definition) is 6. The van der Waals surface area contributed by atoms with E-state index in [2.05, 4.69) is 17.6 Å². The Balaban J connectivity index is 1.43. The lowest BCUT2D eigenvalue weighted by molar-refractivity contribution is -0.123. The quantitative estimate of drug-likeness (QED) is 0.613. The normalized spacial score (nSPS) is 15.2. The number of nitrogens with zero attached hydrogens (tertiary/aromatic N) is 1. The van der Waals surface area contributed by atoms with E-state index >= 15 is 0 Å². The van der Waals surface area contributed by atoms with Crippen LogP contribution in [-0.2, 0) is 28.9 Å². The Hall–Kier alpha value is -3.68. The summed E-state index contributed by atoms with van der Waals surface area (Å²) < 4.78 is 10.4. The number of carbonyl (C=O) groups is 3. The van der Waals surface area contributed by atoms with Gasteiger partial charge in [-0.15, -0.1) is 0 Å². The molecule has 160 valence electrons. The molecule has 0 aliphatic heterocycles. The molecule has 0 unspecified atom stereocenters. The third-order valence-corrected chi connectivity index (χ3v) is 5.30. The molecular weight excluding hydrogens is 398 g/mol. The van der Waals surface area contributed by atoms with Crippen LogP contribution in [0.3, 0.4) is 0 Å². The Morgan fingerprint density at radius 3 is 2.84 bits per heavy atom. The maximum atomic E-state index is 13.0. The van der Waals surface area contributed by atoms with Crippen LogP contribution in [0, 0.1) is 5.92 Å². The number of aryl methyl sites for hydroxylation is 1. The second kappa shape index (κ2) is 8.99. The predicted molar refractivity (Wildman–Crippen MR) is 112 cm³/mol. The van der Waals surface area contributed by atoms with E-state index in [9.17, 15) is 14.4 Å². The summed E-state index contributed by atoms with van der Waals surface area (Å²) in [5.41, 5.74) is 2.98. The number of amides is 3. The van der Waals surface area contributed by atoms with Crippen LogP contribution >= 0.6 is 0 Å². The average molecular weight is 421 g/mol. The lowest BCUT2D eigenvalue weighted by Crippen LogP contribution is -2.41. The van der Waals surface area contributed by atoms with Gasteiger partial charge in [-0.2, -0.15) is 0 Å². The van der Waals surface area contributed by atoms with Gasteiger partial charge in [-0.25, -0.2) is 9.59 Å². The minimum Gasteiger partial charge on any atom is -0.467 e. The number of aromatic nitrogens is 1. The number of esters is 1. The molecule has 1 aliphatic rings. The summed E-state index contributed by atoms with van der Waals surface area (Å²) in [5.74, 6) is -0.318. The number of urea groups is 1. The maximum absolute atomic E-state index is 13.0. The van der Waals surface area contributed by atoms with Gasteiger partial charge in [-0.1, -0.05) is 25.1 Å². The Morgan fingerprint density at radius 1 is 1.19 bits per heavy atom. The minimum absolute atomic E-state index is 0.138. The number of rotatable bonds is 5. The molecule has 0 saturated carbocycles. The molecule has 0 saturated heterocycles. The van der Waals surface area contributed by atoms with Crippen molar-refractivity contribution in [1.29, 1.82) is 0 Å². The van der Waals surface area contributed by atoms with E-state index in [0.717, 1.165) is 36.0 Å². The van der Waals surface area contributed by atoms with Gasteiger partial charge in [0.2, 0.25) is 0 Å². The highest BCUT2D eigenvalue weighted by Crippen LogP contribution is 2.31. The van der Waals surface area contributed by atoms with Crippen LogP contribution in [0.2, 0.25) is 0 Å². The van der Waals surface area contributed by atoms with E-state index in [1.165, 1.54) is 6.26 Å². The molecule has 31 heavy (non-hydrogen) atoms. The molecule has 0 bridgehead atoms. The van der Waals surface area contributed by atoms with Gasteiger partial charge in [0.05, 0.1) is 23.9 Å². The number of para-hydroxylation sites is 1. The predicted octanol–water partition coefficient (Wildman–Crippen LogP) is 3.14. The largest absolute Gasteiger partial charge is 0.467 e. The van der Waals surface area contributed by atoms with E-state index in [1.807, 2.05) is 24.3 Å². The monoisotopic (exact) mass is 421 g/mol. The van der Waals surface area contributed by atoms with Gasteiger partial charge < -0.3 is 14.5 Å². The number of carbonyl (C=O) groups excluding carboxylic acids is 3. The molecule has 2 N–H and O–H groups in total. The van der Waals surface area contributed by atoms with Crippen molar-refractivity contribution in [3.63, 3.8) is 0 Å². The zero-order valence-corrected chi connectivity index (χ0v) is 17.1. The van der Waals surface area contributed by atoms with Crippen LogP contribution < -0.4 is 10.6 Å². The molecule has 1 aromatic carbocycles. The lowest BCUT2D eigenvalue weighted by atomic mass is 9.84. The number of nitrogens with one attached hydrogen (secondary N) is 2. The maximum Gasteiger partial charge on any atom is 0.339 e. The molecule has 4 rings (SSSR count). The highest BCUT2D eigenvalue weighted by molar-refractivity contribution is 6.06. The summed E-state index contributed by atoms with van der Waals surface area (Å²) in [7, 11) is 0. The molecule has 1 atom stereocenters. The summed E-state index contributed by atoms with van der Waals surface area (Å²) in [6, 6.07) is 10.1. The van der Waals surface area contributed by atoms with Crippen molar-refractivity contribution in [3.8, 4) is 0 Å². The summed E-state index contributed by atoms with van der Waals surface area (Å²) in [6.07, 6.45) is 4.04. The summed E-state index contributed by atoms with van der Waals surface area (Å²) >= 11 is 0. The fourth-order valence-electron chi connectivity index (χ4n) is 3.79. The summed E-state index contributed by atoms with van der Waals surface area (Å²) in [4.78, 5) is 41.6. The highest BCUT2D eigenvalue weighted by atomic mass is 16.5. The minimum atomic E-state index is -0.717. The smallest absolute Gasteiger partial charge is 0.339 e. The van der Waals surface area contributed by atoms with Gasteiger partial charge in [-0.3, -0.25) is 15.1 Å². The third kappa shape index (κ3) is 4.74. The van der Waals surface area contributed by atoms with Gasteiger partial charge in [0.15, 0.2) is 6.61 Å². The molecular formula is C23H23N3O5. The van der Waals surface area contributed by atoms with E-state index in [0.29, 0.717) is 22.6 Å². The number of benzene rings is 1. The molecule has 0 fully saturated rings. The van der Waals surface area contributed by atoms with Crippen molar-refractivity contribution in [1.82, 2.24) is 15.6 Å². The molecule has 3 aromatic rings. The standard InChI is InChI=1S/C23H23N3O5/c1-14-8-9-19-17(11-14)21(16-6-2-3-7-18(16)25-19)22(28)31-13-20(27)26-23(29)24-12-15-5-4-10-30-15/h2-7,10,14H,8-9,11-13H2,1H3,(H2,24,26,27,29)/t14-/m0/s1. The van der Waals surface area contributed by atoms with Crippen molar-refractivity contribution in [2.24, 2.45) is 5.92 Å². The Morgan fingerprint density at radius 2 is 2.03 bits per heavy atom. The van der Waals surface area contributed by atoms with Gasteiger partial charge >= 0.3 is 12.0 Å². The van der Waals surface area contributed by atoms with Crippen molar-refractivity contribution in [2.45, 2.75) is 32.7 Å². The first-order valence-corrected chi connectivity index (χ1v) is 10.2. The van der Waals surface area contributed by atoms with Crippen molar-refractivity contribution < 1.29 is 23.5 Å².